The van der Waals surface area contributed by atoms with Gasteiger partial charge in [-0.1, -0.05) is 65.8 Å². The molecule has 2 aromatic rings. The van der Waals surface area contributed by atoms with E-state index >= 15 is 0 Å². The van der Waals surface area contributed by atoms with Crippen LogP contribution in [0.25, 0.3) is 0 Å². The van der Waals surface area contributed by atoms with E-state index in [0.29, 0.717) is 5.02 Å². The van der Waals surface area contributed by atoms with Gasteiger partial charge < -0.3 is 10.0 Å². The third-order valence-corrected chi connectivity index (χ3v) is 6.34. The van der Waals surface area contributed by atoms with Crippen molar-refractivity contribution in [2.75, 3.05) is 13.1 Å². The average molecular weight is 395 g/mol. The Hall–Kier alpha value is -1.20. The number of halogens is 2. The number of rotatable bonds is 4. The SMILES string of the molecule is Cl.OC1(c2cccc(Cl)c2)C(CCc2ccccc2)SC2=NCCN21. The highest BCUT2D eigenvalue weighted by Crippen LogP contribution is 2.48. The van der Waals surface area contributed by atoms with Crippen LogP contribution in [0.15, 0.2) is 59.6 Å². The lowest BCUT2D eigenvalue weighted by atomic mass is 9.93. The second-order valence-corrected chi connectivity index (χ2v) is 7.79. The minimum absolute atomic E-state index is 0. The number of aliphatic imine (C=N–C) groups is 1. The molecule has 2 atom stereocenters. The first-order valence-electron chi connectivity index (χ1n) is 8.19. The molecule has 0 aromatic heterocycles. The van der Waals surface area contributed by atoms with E-state index in [1.807, 2.05) is 35.2 Å². The van der Waals surface area contributed by atoms with E-state index in [1.54, 1.807) is 11.8 Å². The first-order valence-corrected chi connectivity index (χ1v) is 9.45. The lowest BCUT2D eigenvalue weighted by molar-refractivity contribution is -0.0671. The second kappa shape index (κ2) is 7.58. The Morgan fingerprint density at radius 1 is 1.20 bits per heavy atom. The Bertz CT molecular complexity index is 771. The molecule has 132 valence electrons. The van der Waals surface area contributed by atoms with Crippen LogP contribution in [0, 0.1) is 0 Å². The Morgan fingerprint density at radius 3 is 2.76 bits per heavy atom. The van der Waals surface area contributed by atoms with Gasteiger partial charge in [0.1, 0.15) is 0 Å². The van der Waals surface area contributed by atoms with Crippen LogP contribution in [-0.2, 0) is 12.1 Å². The fourth-order valence-electron chi connectivity index (χ4n) is 3.49. The summed E-state index contributed by atoms with van der Waals surface area (Å²) in [5.74, 6) is 0. The highest BCUT2D eigenvalue weighted by molar-refractivity contribution is 8.14. The molecule has 1 fully saturated rings. The van der Waals surface area contributed by atoms with Crippen LogP contribution < -0.4 is 0 Å². The quantitative estimate of drug-likeness (QED) is 0.837. The summed E-state index contributed by atoms with van der Waals surface area (Å²) in [6.07, 6.45) is 1.82. The largest absolute Gasteiger partial charge is 0.366 e. The van der Waals surface area contributed by atoms with Crippen LogP contribution in [0.5, 0.6) is 0 Å². The smallest absolute Gasteiger partial charge is 0.178 e. The van der Waals surface area contributed by atoms with E-state index in [1.165, 1.54) is 5.56 Å². The maximum Gasteiger partial charge on any atom is 0.178 e. The summed E-state index contributed by atoms with van der Waals surface area (Å²) in [5.41, 5.74) is 1.10. The first kappa shape index (κ1) is 18.6. The van der Waals surface area contributed by atoms with Gasteiger partial charge in [-0.25, -0.2) is 0 Å². The third kappa shape index (κ3) is 3.41. The van der Waals surface area contributed by atoms with Crippen molar-refractivity contribution in [3.05, 3.63) is 70.7 Å². The van der Waals surface area contributed by atoms with Gasteiger partial charge in [-0.15, -0.1) is 12.4 Å². The van der Waals surface area contributed by atoms with Crippen LogP contribution >= 0.6 is 35.8 Å². The fourth-order valence-corrected chi connectivity index (χ4v) is 5.12. The highest BCUT2D eigenvalue weighted by Gasteiger charge is 2.53. The van der Waals surface area contributed by atoms with E-state index in [0.717, 1.165) is 36.7 Å². The summed E-state index contributed by atoms with van der Waals surface area (Å²) in [7, 11) is 0. The number of benzene rings is 2. The zero-order chi connectivity index (χ0) is 16.6. The fraction of sp³-hybridized carbons (Fsp3) is 0.316. The Balaban J connectivity index is 0.00000182. The molecule has 6 heteroatoms. The molecule has 4 rings (SSSR count). The van der Waals surface area contributed by atoms with Crippen molar-refractivity contribution in [3.8, 4) is 0 Å². The molecule has 0 bridgehead atoms. The molecule has 0 aliphatic carbocycles. The molecule has 1 N–H and O–H groups in total. The van der Waals surface area contributed by atoms with Crippen LogP contribution in [0.1, 0.15) is 17.5 Å². The lowest BCUT2D eigenvalue weighted by Crippen LogP contribution is -2.48. The Kier molecular flexibility index (Phi) is 5.64. The van der Waals surface area contributed by atoms with Crippen molar-refractivity contribution in [3.63, 3.8) is 0 Å². The average Bonchev–Trinajstić information content (AvgIpc) is 3.16. The van der Waals surface area contributed by atoms with E-state index in [2.05, 4.69) is 29.3 Å². The maximum atomic E-state index is 11.7. The summed E-state index contributed by atoms with van der Waals surface area (Å²) < 4.78 is 0. The zero-order valence-corrected chi connectivity index (χ0v) is 16.0. The van der Waals surface area contributed by atoms with Crippen LogP contribution in [-0.4, -0.2) is 33.5 Å². The van der Waals surface area contributed by atoms with E-state index in [-0.39, 0.29) is 17.7 Å². The van der Waals surface area contributed by atoms with Crippen molar-refractivity contribution in [1.82, 2.24) is 4.90 Å². The van der Waals surface area contributed by atoms with Gasteiger partial charge in [0.25, 0.3) is 0 Å². The standard InChI is InChI=1S/C19H19ClN2OS.ClH/c20-16-8-4-7-15(13-16)19(23)17(24-18-21-11-12-22(18)19)10-9-14-5-2-1-3-6-14;/h1-8,13,17,23H,9-12H2;1H. The number of aryl methyl sites for hydroxylation is 1. The van der Waals surface area contributed by atoms with Gasteiger partial charge in [-0.3, -0.25) is 4.99 Å². The molecule has 2 unspecified atom stereocenters. The Labute approximate surface area is 163 Å². The number of aliphatic hydroxyl groups is 1. The monoisotopic (exact) mass is 394 g/mol. The molecule has 25 heavy (non-hydrogen) atoms. The van der Waals surface area contributed by atoms with E-state index < -0.39 is 5.72 Å². The van der Waals surface area contributed by atoms with Gasteiger partial charge >= 0.3 is 0 Å². The van der Waals surface area contributed by atoms with Crippen molar-refractivity contribution in [2.24, 2.45) is 4.99 Å². The van der Waals surface area contributed by atoms with E-state index in [4.69, 9.17) is 11.6 Å². The molecule has 0 saturated carbocycles. The number of hydrogen-bond donors (Lipinski definition) is 1. The number of fused-ring (bicyclic) bond motifs is 1. The molecule has 0 radical (unpaired) electrons. The van der Waals surface area contributed by atoms with Crippen molar-refractivity contribution in [1.29, 1.82) is 0 Å². The molecule has 0 amide bonds. The van der Waals surface area contributed by atoms with Gasteiger partial charge in [0.2, 0.25) is 0 Å². The minimum atomic E-state index is -1.04. The van der Waals surface area contributed by atoms with Crippen LogP contribution in [0.4, 0.5) is 0 Å². The normalized spacial score (nSPS) is 24.6. The van der Waals surface area contributed by atoms with Crippen molar-refractivity contribution >= 4 is 40.9 Å². The molecule has 2 aliphatic heterocycles. The van der Waals surface area contributed by atoms with Gasteiger partial charge in [0, 0.05) is 17.1 Å². The molecule has 3 nitrogen and oxygen atoms in total. The molecule has 2 heterocycles. The van der Waals surface area contributed by atoms with Gasteiger partial charge in [-0.05, 0) is 30.5 Å². The van der Waals surface area contributed by atoms with Crippen molar-refractivity contribution < 1.29 is 5.11 Å². The number of hydrogen-bond acceptors (Lipinski definition) is 4. The Morgan fingerprint density at radius 2 is 2.00 bits per heavy atom. The molecule has 2 aliphatic rings. The molecular formula is C19H20Cl2N2OS. The first-order chi connectivity index (χ1) is 11.7. The molecular weight excluding hydrogens is 375 g/mol. The van der Waals surface area contributed by atoms with Gasteiger partial charge in [0.15, 0.2) is 10.9 Å². The zero-order valence-electron chi connectivity index (χ0n) is 13.6. The summed E-state index contributed by atoms with van der Waals surface area (Å²) in [5, 5.41) is 13.3. The summed E-state index contributed by atoms with van der Waals surface area (Å²) in [4.78, 5) is 6.60. The summed E-state index contributed by atoms with van der Waals surface area (Å²) >= 11 is 7.87. The number of thioether (sulfide) groups is 1. The van der Waals surface area contributed by atoms with Crippen molar-refractivity contribution in [2.45, 2.75) is 23.8 Å². The predicted molar refractivity (Wildman–Crippen MR) is 108 cm³/mol. The van der Waals surface area contributed by atoms with Crippen LogP contribution in [0.3, 0.4) is 0 Å². The molecule has 1 saturated heterocycles. The third-order valence-electron chi connectivity index (χ3n) is 4.70. The number of nitrogens with zero attached hydrogens (tertiary/aromatic N) is 2. The van der Waals surface area contributed by atoms with Gasteiger partial charge in [-0.2, -0.15) is 0 Å². The molecule has 0 spiro atoms. The number of amidine groups is 1. The highest BCUT2D eigenvalue weighted by atomic mass is 35.5. The molecule has 2 aromatic carbocycles. The van der Waals surface area contributed by atoms with E-state index in [9.17, 15) is 5.11 Å². The van der Waals surface area contributed by atoms with Gasteiger partial charge in [0.05, 0.1) is 11.8 Å². The summed E-state index contributed by atoms with van der Waals surface area (Å²) in [6.45, 7) is 1.50. The van der Waals surface area contributed by atoms with Crippen LogP contribution in [0.2, 0.25) is 5.02 Å². The lowest BCUT2D eigenvalue weighted by Gasteiger charge is -2.36. The predicted octanol–water partition coefficient (Wildman–Crippen LogP) is 4.33. The minimum Gasteiger partial charge on any atom is -0.366 e. The summed E-state index contributed by atoms with van der Waals surface area (Å²) in [6, 6.07) is 18.0. The maximum absolute atomic E-state index is 11.7. The topological polar surface area (TPSA) is 35.8 Å². The second-order valence-electron chi connectivity index (χ2n) is 6.18.